The Morgan fingerprint density at radius 3 is 2.48 bits per heavy atom. The van der Waals surface area contributed by atoms with Crippen LogP contribution in [-0.2, 0) is 4.74 Å². The van der Waals surface area contributed by atoms with Gasteiger partial charge in [-0.3, -0.25) is 4.90 Å². The Morgan fingerprint density at radius 1 is 1.20 bits per heavy atom. The van der Waals surface area contributed by atoms with E-state index in [4.69, 9.17) is 4.74 Å². The van der Waals surface area contributed by atoms with Crippen molar-refractivity contribution in [3.05, 3.63) is 63.4 Å². The third kappa shape index (κ3) is 3.58. The topological polar surface area (TPSA) is 66.8 Å². The number of hydrogen-bond donors (Lipinski definition) is 1. The molecule has 0 unspecified atom stereocenters. The highest BCUT2D eigenvalue weighted by Gasteiger charge is 2.28. The molecule has 0 aliphatic carbocycles. The van der Waals surface area contributed by atoms with Crippen LogP contribution in [0.1, 0.15) is 38.1 Å². The molecule has 2 aromatic rings. The molecule has 25 heavy (non-hydrogen) atoms. The van der Waals surface area contributed by atoms with E-state index in [0.29, 0.717) is 18.5 Å². The van der Waals surface area contributed by atoms with Gasteiger partial charge in [0.05, 0.1) is 18.7 Å². The van der Waals surface area contributed by atoms with Crippen molar-refractivity contribution in [1.82, 2.24) is 4.90 Å². The lowest BCUT2D eigenvalue weighted by molar-refractivity contribution is 0.0600. The van der Waals surface area contributed by atoms with Crippen LogP contribution in [0, 0.1) is 6.92 Å². The molecule has 3 rings (SSSR count). The van der Waals surface area contributed by atoms with Crippen molar-refractivity contribution in [3.63, 3.8) is 0 Å². The summed E-state index contributed by atoms with van der Waals surface area (Å²) in [6.07, 6.45) is 1.76. The molecule has 2 heterocycles. The molecule has 0 saturated carbocycles. The fraction of sp³-hybridized carbons (Fsp3) is 0.263. The molecule has 1 aliphatic rings. The van der Waals surface area contributed by atoms with Gasteiger partial charge in [-0.1, -0.05) is 18.2 Å². The first kappa shape index (κ1) is 17.2. The standard InChI is InChI=1S/C19H19NO4S/c1-12-3-8-17(25-12)15-9-10-20(19(22)23)16(11-15)13-4-6-14(7-5-13)18(21)24-2/h3-8,11,16H,9-10H2,1-2H3,(H,22,23)/t16-/m0/s1. The van der Waals surface area contributed by atoms with Crippen LogP contribution in [0.3, 0.4) is 0 Å². The SMILES string of the molecule is COC(=O)c1ccc([C@@H]2C=C(c3ccc(C)s3)CCN2C(=O)O)cc1. The molecule has 1 aromatic heterocycles. The van der Waals surface area contributed by atoms with Crippen LogP contribution in [0.2, 0.25) is 0 Å². The van der Waals surface area contributed by atoms with Crippen LogP contribution in [0.5, 0.6) is 0 Å². The smallest absolute Gasteiger partial charge is 0.408 e. The van der Waals surface area contributed by atoms with Crippen LogP contribution in [0.4, 0.5) is 4.79 Å². The summed E-state index contributed by atoms with van der Waals surface area (Å²) >= 11 is 1.72. The van der Waals surface area contributed by atoms with Crippen LogP contribution in [-0.4, -0.2) is 35.7 Å². The molecule has 0 saturated heterocycles. The quantitative estimate of drug-likeness (QED) is 0.829. The van der Waals surface area contributed by atoms with Gasteiger partial charge in [0.1, 0.15) is 0 Å². The molecule has 0 bridgehead atoms. The van der Waals surface area contributed by atoms with Gasteiger partial charge in [-0.05, 0) is 48.7 Å². The first-order valence-corrected chi connectivity index (χ1v) is 8.76. The summed E-state index contributed by atoms with van der Waals surface area (Å²) in [4.78, 5) is 27.0. The number of carboxylic acid groups (broad SMARTS) is 1. The van der Waals surface area contributed by atoms with Crippen LogP contribution in [0.25, 0.3) is 5.57 Å². The number of carbonyl (C=O) groups excluding carboxylic acids is 1. The number of thiophene rings is 1. The predicted octanol–water partition coefficient (Wildman–Crippen LogP) is 4.35. The van der Waals surface area contributed by atoms with Crippen molar-refractivity contribution < 1.29 is 19.4 Å². The summed E-state index contributed by atoms with van der Waals surface area (Å²) in [5, 5.41) is 9.54. The van der Waals surface area contributed by atoms with Crippen molar-refractivity contribution in [1.29, 1.82) is 0 Å². The summed E-state index contributed by atoms with van der Waals surface area (Å²) in [7, 11) is 1.33. The number of aryl methyl sites for hydroxylation is 1. The second-order valence-electron chi connectivity index (χ2n) is 5.89. The van der Waals surface area contributed by atoms with Gasteiger partial charge in [0.25, 0.3) is 0 Å². The van der Waals surface area contributed by atoms with E-state index in [9.17, 15) is 14.7 Å². The van der Waals surface area contributed by atoms with Gasteiger partial charge in [0.2, 0.25) is 0 Å². The highest BCUT2D eigenvalue weighted by molar-refractivity contribution is 7.13. The largest absolute Gasteiger partial charge is 0.465 e. The van der Waals surface area contributed by atoms with Crippen molar-refractivity contribution in [2.24, 2.45) is 0 Å². The van der Waals surface area contributed by atoms with Gasteiger partial charge in [0.15, 0.2) is 0 Å². The number of rotatable bonds is 3. The highest BCUT2D eigenvalue weighted by Crippen LogP contribution is 2.36. The maximum absolute atomic E-state index is 11.6. The third-order valence-corrected chi connectivity index (χ3v) is 5.37. The minimum atomic E-state index is -0.945. The zero-order valence-corrected chi connectivity index (χ0v) is 14.9. The molecular weight excluding hydrogens is 338 g/mol. The maximum Gasteiger partial charge on any atom is 0.408 e. The molecule has 0 radical (unpaired) electrons. The van der Waals surface area contributed by atoms with E-state index in [1.165, 1.54) is 21.8 Å². The summed E-state index contributed by atoms with van der Waals surface area (Å²) in [5.74, 6) is -0.407. The van der Waals surface area contributed by atoms with Gasteiger partial charge in [-0.25, -0.2) is 9.59 Å². The third-order valence-electron chi connectivity index (χ3n) is 4.29. The molecule has 0 fully saturated rings. The van der Waals surface area contributed by atoms with E-state index in [-0.39, 0.29) is 6.04 Å². The van der Waals surface area contributed by atoms with Gasteiger partial charge in [-0.15, -0.1) is 11.3 Å². The van der Waals surface area contributed by atoms with E-state index in [2.05, 4.69) is 19.1 Å². The second-order valence-corrected chi connectivity index (χ2v) is 7.17. The van der Waals surface area contributed by atoms with Crippen LogP contribution in [0.15, 0.2) is 42.5 Å². The molecule has 5 nitrogen and oxygen atoms in total. The minimum Gasteiger partial charge on any atom is -0.465 e. The molecule has 1 amide bonds. The van der Waals surface area contributed by atoms with Gasteiger partial charge in [0, 0.05) is 16.3 Å². The zero-order chi connectivity index (χ0) is 18.0. The molecular formula is C19H19NO4S. The number of methoxy groups -OCH3 is 1. The predicted molar refractivity (Wildman–Crippen MR) is 96.9 cm³/mol. The summed E-state index contributed by atoms with van der Waals surface area (Å²) in [6, 6.07) is 10.7. The first-order chi connectivity index (χ1) is 12.0. The number of benzene rings is 1. The average Bonchev–Trinajstić information content (AvgIpc) is 3.07. The lowest BCUT2D eigenvalue weighted by atomic mass is 9.95. The number of esters is 1. The molecule has 0 spiro atoms. The Balaban J connectivity index is 1.96. The van der Waals surface area contributed by atoms with E-state index < -0.39 is 12.1 Å². The Bertz CT molecular complexity index is 822. The van der Waals surface area contributed by atoms with Crippen molar-refractivity contribution in [3.8, 4) is 0 Å². The van der Waals surface area contributed by atoms with E-state index in [0.717, 1.165) is 11.1 Å². The highest BCUT2D eigenvalue weighted by atomic mass is 32.1. The average molecular weight is 357 g/mol. The Kier molecular flexibility index (Phi) is 4.90. The molecule has 1 aliphatic heterocycles. The Labute approximate surface area is 150 Å². The normalized spacial score (nSPS) is 17.1. The molecule has 1 N–H and O–H groups in total. The van der Waals surface area contributed by atoms with E-state index in [1.54, 1.807) is 35.6 Å². The molecule has 1 aromatic carbocycles. The van der Waals surface area contributed by atoms with Crippen LogP contribution >= 0.6 is 11.3 Å². The van der Waals surface area contributed by atoms with Gasteiger partial charge < -0.3 is 9.84 Å². The minimum absolute atomic E-state index is 0.365. The number of hydrogen-bond acceptors (Lipinski definition) is 4. The first-order valence-electron chi connectivity index (χ1n) is 7.95. The van der Waals surface area contributed by atoms with Crippen LogP contribution < -0.4 is 0 Å². The maximum atomic E-state index is 11.6. The van der Waals surface area contributed by atoms with Crippen molar-refractivity contribution in [2.75, 3.05) is 13.7 Å². The van der Waals surface area contributed by atoms with E-state index in [1.807, 2.05) is 6.08 Å². The van der Waals surface area contributed by atoms with Gasteiger partial charge >= 0.3 is 12.1 Å². The summed E-state index contributed by atoms with van der Waals surface area (Å²) in [6.45, 7) is 2.51. The van der Waals surface area contributed by atoms with Crippen molar-refractivity contribution in [2.45, 2.75) is 19.4 Å². The number of carbonyl (C=O) groups is 2. The fourth-order valence-corrected chi connectivity index (χ4v) is 3.90. The molecule has 130 valence electrons. The number of nitrogens with zero attached hydrogens (tertiary/aromatic N) is 1. The number of amides is 1. The second kappa shape index (κ2) is 7.11. The van der Waals surface area contributed by atoms with Gasteiger partial charge in [-0.2, -0.15) is 0 Å². The lowest BCUT2D eigenvalue weighted by Gasteiger charge is -2.32. The molecule has 1 atom stereocenters. The zero-order valence-electron chi connectivity index (χ0n) is 14.1. The Hall–Kier alpha value is -2.60. The van der Waals surface area contributed by atoms with E-state index >= 15 is 0 Å². The monoisotopic (exact) mass is 357 g/mol. The van der Waals surface area contributed by atoms with Crippen molar-refractivity contribution >= 4 is 29.0 Å². The summed E-state index contributed by atoms with van der Waals surface area (Å²) in [5.41, 5.74) is 2.44. The number of ether oxygens (including phenoxy) is 1. The fourth-order valence-electron chi connectivity index (χ4n) is 2.98. The summed E-state index contributed by atoms with van der Waals surface area (Å²) < 4.78 is 4.70. The Morgan fingerprint density at radius 2 is 1.92 bits per heavy atom. The lowest BCUT2D eigenvalue weighted by Crippen LogP contribution is -2.36. The molecule has 6 heteroatoms.